The average Bonchev–Trinajstić information content (AvgIpc) is 3.34. The summed E-state index contributed by atoms with van der Waals surface area (Å²) in [5, 5.41) is 2.48. The Labute approximate surface area is 219 Å². The molecule has 0 N–H and O–H groups in total. The average molecular weight is 500 g/mol. The first-order valence-corrected chi connectivity index (χ1v) is 13.3. The summed E-state index contributed by atoms with van der Waals surface area (Å²) < 4.78 is 6.21. The topological polar surface area (TPSA) is 61.8 Å². The van der Waals surface area contributed by atoms with Crippen LogP contribution in [0.3, 0.4) is 0 Å². The maximum atomic E-state index is 12.2. The van der Waals surface area contributed by atoms with E-state index in [0.29, 0.717) is 31.7 Å². The Balaban J connectivity index is 1.46. The Morgan fingerprint density at radius 1 is 1.22 bits per heavy atom. The number of fused-ring (bicyclic) bond motifs is 2. The van der Waals surface area contributed by atoms with Gasteiger partial charge in [0.1, 0.15) is 12.4 Å². The molecule has 1 fully saturated rings. The number of aromatic nitrogens is 2. The number of likely N-dealkylation sites (N-methyl/N-ethyl adjacent to an activating group) is 1. The number of ketones is 1. The van der Waals surface area contributed by atoms with Crippen LogP contribution in [0, 0.1) is 5.92 Å². The van der Waals surface area contributed by atoms with E-state index >= 15 is 0 Å². The number of nitrogens with zero attached hydrogens (tertiary/aromatic N) is 5. The number of carbonyl (C=O) groups is 1. The van der Waals surface area contributed by atoms with Crippen molar-refractivity contribution in [3.05, 3.63) is 66.4 Å². The van der Waals surface area contributed by atoms with Gasteiger partial charge in [-0.15, -0.1) is 0 Å². The molecule has 5 rings (SSSR count). The molecule has 2 aliphatic heterocycles. The van der Waals surface area contributed by atoms with Crippen molar-refractivity contribution in [1.82, 2.24) is 14.9 Å². The quantitative estimate of drug-likeness (QED) is 0.402. The third-order valence-electron chi connectivity index (χ3n) is 7.80. The Morgan fingerprint density at radius 2 is 2.03 bits per heavy atom. The normalized spacial score (nSPS) is 18.5. The largest absolute Gasteiger partial charge is 0.462 e. The molecule has 0 aliphatic carbocycles. The molecule has 0 spiro atoms. The lowest BCUT2D eigenvalue weighted by atomic mass is 10.0. The van der Waals surface area contributed by atoms with Crippen molar-refractivity contribution < 1.29 is 9.53 Å². The van der Waals surface area contributed by atoms with Gasteiger partial charge >= 0.3 is 6.01 Å². The van der Waals surface area contributed by atoms with Crippen LogP contribution in [0.4, 0.5) is 11.5 Å². The molecular weight excluding hydrogens is 462 g/mol. The summed E-state index contributed by atoms with van der Waals surface area (Å²) in [5.74, 6) is 0.735. The zero-order valence-electron chi connectivity index (χ0n) is 22.2. The molecule has 7 nitrogen and oxygen atoms in total. The highest BCUT2D eigenvalue weighted by molar-refractivity contribution is 5.94. The fourth-order valence-corrected chi connectivity index (χ4v) is 5.61. The van der Waals surface area contributed by atoms with Crippen molar-refractivity contribution in [2.24, 2.45) is 5.92 Å². The molecule has 3 aromatic rings. The Kier molecular flexibility index (Phi) is 7.42. The van der Waals surface area contributed by atoms with Crippen LogP contribution in [-0.2, 0) is 17.8 Å². The predicted octanol–water partition coefficient (Wildman–Crippen LogP) is 4.49. The van der Waals surface area contributed by atoms with Crippen LogP contribution in [0.2, 0.25) is 0 Å². The lowest BCUT2D eigenvalue weighted by Gasteiger charge is -2.33. The van der Waals surface area contributed by atoms with Crippen LogP contribution in [0.1, 0.15) is 31.0 Å². The second kappa shape index (κ2) is 10.9. The van der Waals surface area contributed by atoms with Crippen LogP contribution in [0.25, 0.3) is 10.8 Å². The number of anilines is 2. The Hall–Kier alpha value is -3.45. The van der Waals surface area contributed by atoms with Crippen LogP contribution >= 0.6 is 0 Å². The first kappa shape index (κ1) is 25.2. The third-order valence-corrected chi connectivity index (χ3v) is 7.80. The number of carbonyl (C=O) groups excluding carboxylic acids is 1. The minimum absolute atomic E-state index is 0.0395. The number of ether oxygens (including phenoxy) is 1. The highest BCUT2D eigenvalue weighted by Crippen LogP contribution is 2.34. The molecule has 0 radical (unpaired) electrons. The predicted molar refractivity (Wildman–Crippen MR) is 150 cm³/mol. The number of allylic oxidation sites excluding steroid dienone is 1. The van der Waals surface area contributed by atoms with E-state index in [9.17, 15) is 4.79 Å². The molecule has 2 aliphatic rings. The van der Waals surface area contributed by atoms with Crippen LogP contribution in [0.15, 0.2) is 55.1 Å². The number of benzene rings is 2. The highest BCUT2D eigenvalue weighted by atomic mass is 16.5. The van der Waals surface area contributed by atoms with E-state index in [-0.39, 0.29) is 11.7 Å². The molecule has 1 aromatic heterocycles. The van der Waals surface area contributed by atoms with Gasteiger partial charge in [-0.2, -0.15) is 9.97 Å². The minimum Gasteiger partial charge on any atom is -0.462 e. The standard InChI is InChI=1S/C30H37N5O2/c1-5-28(36)21(2)18-34(4)29-25-15-17-35(27-14-8-11-22-10-6-7-13-24(22)27)19-26(25)31-30(32-29)37-20-23-12-9-16-33(23)3/h5-8,10-11,13-14,21,23H,1,9,12,15-20H2,2-4H3/t21-,23-/m0/s1. The molecule has 7 heteroatoms. The van der Waals surface area contributed by atoms with Gasteiger partial charge in [0.2, 0.25) is 0 Å². The van der Waals surface area contributed by atoms with Crippen molar-refractivity contribution >= 4 is 28.1 Å². The summed E-state index contributed by atoms with van der Waals surface area (Å²) in [6.07, 6.45) is 4.55. The van der Waals surface area contributed by atoms with Gasteiger partial charge in [0.25, 0.3) is 0 Å². The minimum atomic E-state index is -0.166. The van der Waals surface area contributed by atoms with Gasteiger partial charge in [-0.05, 0) is 50.4 Å². The van der Waals surface area contributed by atoms with E-state index in [2.05, 4.69) is 70.8 Å². The van der Waals surface area contributed by atoms with Crippen LogP contribution in [-0.4, -0.2) is 67.0 Å². The van der Waals surface area contributed by atoms with Crippen molar-refractivity contribution in [2.45, 2.75) is 38.8 Å². The van der Waals surface area contributed by atoms with Crippen molar-refractivity contribution in [3.8, 4) is 6.01 Å². The van der Waals surface area contributed by atoms with E-state index in [1.165, 1.54) is 29.0 Å². The molecule has 0 bridgehead atoms. The fourth-order valence-electron chi connectivity index (χ4n) is 5.61. The molecule has 0 unspecified atom stereocenters. The summed E-state index contributed by atoms with van der Waals surface area (Å²) in [7, 11) is 4.15. The number of hydrogen-bond donors (Lipinski definition) is 0. The highest BCUT2D eigenvalue weighted by Gasteiger charge is 2.28. The summed E-state index contributed by atoms with van der Waals surface area (Å²) in [5.41, 5.74) is 3.36. The van der Waals surface area contributed by atoms with E-state index < -0.39 is 0 Å². The van der Waals surface area contributed by atoms with Crippen molar-refractivity contribution in [3.63, 3.8) is 0 Å². The molecule has 2 atom stereocenters. The lowest BCUT2D eigenvalue weighted by Crippen LogP contribution is -2.35. The molecule has 2 aromatic carbocycles. The molecule has 3 heterocycles. The molecule has 37 heavy (non-hydrogen) atoms. The monoisotopic (exact) mass is 499 g/mol. The molecule has 1 saturated heterocycles. The summed E-state index contributed by atoms with van der Waals surface area (Å²) >= 11 is 0. The lowest BCUT2D eigenvalue weighted by molar-refractivity contribution is -0.117. The van der Waals surface area contributed by atoms with Gasteiger partial charge in [-0.3, -0.25) is 4.79 Å². The number of hydrogen-bond acceptors (Lipinski definition) is 7. The molecule has 0 amide bonds. The second-order valence-corrected chi connectivity index (χ2v) is 10.4. The smallest absolute Gasteiger partial charge is 0.318 e. The fraction of sp³-hybridized carbons (Fsp3) is 0.433. The second-order valence-electron chi connectivity index (χ2n) is 10.4. The van der Waals surface area contributed by atoms with Gasteiger partial charge in [-0.1, -0.05) is 49.9 Å². The van der Waals surface area contributed by atoms with Crippen LogP contribution in [0.5, 0.6) is 6.01 Å². The van der Waals surface area contributed by atoms with Crippen molar-refractivity contribution in [1.29, 1.82) is 0 Å². The molecule has 194 valence electrons. The summed E-state index contributed by atoms with van der Waals surface area (Å²) in [6, 6.07) is 15.8. The van der Waals surface area contributed by atoms with E-state index in [0.717, 1.165) is 43.0 Å². The Bertz CT molecular complexity index is 1290. The Morgan fingerprint density at radius 3 is 2.81 bits per heavy atom. The third kappa shape index (κ3) is 5.32. The molecular formula is C30H37N5O2. The molecule has 0 saturated carbocycles. The first-order chi connectivity index (χ1) is 17.9. The van der Waals surface area contributed by atoms with Gasteiger partial charge < -0.3 is 19.4 Å². The van der Waals surface area contributed by atoms with Gasteiger partial charge in [0, 0.05) is 48.7 Å². The van der Waals surface area contributed by atoms with Gasteiger partial charge in [0.15, 0.2) is 5.78 Å². The zero-order chi connectivity index (χ0) is 25.9. The van der Waals surface area contributed by atoms with E-state index in [1.54, 1.807) is 0 Å². The maximum Gasteiger partial charge on any atom is 0.318 e. The first-order valence-electron chi connectivity index (χ1n) is 13.3. The van der Waals surface area contributed by atoms with Gasteiger partial charge in [-0.25, -0.2) is 0 Å². The van der Waals surface area contributed by atoms with E-state index in [1.807, 2.05) is 14.0 Å². The van der Waals surface area contributed by atoms with Crippen molar-refractivity contribution in [2.75, 3.05) is 50.1 Å². The van der Waals surface area contributed by atoms with E-state index in [4.69, 9.17) is 14.7 Å². The SMILES string of the molecule is C=CC(=O)[C@@H](C)CN(C)c1nc(OC[C@@H]2CCCN2C)nc2c1CCN(c1cccc3ccccc13)C2. The van der Waals surface area contributed by atoms with Crippen LogP contribution < -0.4 is 14.5 Å². The summed E-state index contributed by atoms with van der Waals surface area (Å²) in [4.78, 5) is 28.8. The summed E-state index contributed by atoms with van der Waals surface area (Å²) in [6.45, 7) is 9.39. The number of likely N-dealkylation sites (tertiary alicyclic amines) is 1. The van der Waals surface area contributed by atoms with Gasteiger partial charge in [0.05, 0.1) is 12.2 Å². The zero-order valence-corrected chi connectivity index (χ0v) is 22.2. The number of rotatable bonds is 9. The maximum absolute atomic E-state index is 12.2.